The number of benzene rings is 3. The quantitative estimate of drug-likeness (QED) is 0.0428. The van der Waals surface area contributed by atoms with Crippen molar-refractivity contribution in [2.24, 2.45) is 63.3 Å². The topological polar surface area (TPSA) is 666 Å². The van der Waals surface area contributed by atoms with Crippen molar-refractivity contribution < 1.29 is 109 Å². The zero-order valence-electron chi connectivity index (χ0n) is 56.5. The predicted molar refractivity (Wildman–Crippen MR) is 359 cm³/mol. The number of phenolic OH excluding ortho intramolecular Hbond substituents is 1. The maximum atomic E-state index is 13.1. The van der Waals surface area contributed by atoms with Crippen molar-refractivity contribution >= 4 is 59.7 Å². The van der Waals surface area contributed by atoms with Crippen molar-refractivity contribution in [1.82, 2.24) is 4.98 Å². The van der Waals surface area contributed by atoms with Crippen LogP contribution < -0.4 is 57.3 Å². The van der Waals surface area contributed by atoms with Gasteiger partial charge in [-0.1, -0.05) is 81.4 Å². The van der Waals surface area contributed by atoms with E-state index >= 15 is 0 Å². The molecule has 31 N–H and O–H groups in total. The number of carboxylic acid groups (broad SMARTS) is 10. The second-order valence-corrected chi connectivity index (χ2v) is 24.1. The maximum Gasteiger partial charge on any atom is 0.323 e. The molecule has 0 radical (unpaired) electrons. The van der Waals surface area contributed by atoms with Gasteiger partial charge in [0.25, 0.3) is 0 Å². The van der Waals surface area contributed by atoms with Crippen LogP contribution in [-0.4, -0.2) is 179 Å². The van der Waals surface area contributed by atoms with Gasteiger partial charge in [0.1, 0.15) is 62.9 Å². The fraction of sp³-hybridized carbons (Fsp3) is 0.484. The van der Waals surface area contributed by atoms with Gasteiger partial charge in [-0.25, -0.2) is 4.39 Å². The molecule has 1 heterocycles. The SMILES string of the molecule is CC(C)(N)C(=O)O.CC(C)C[C@](C)(N)C(=O)O.CC[C@](C)(N)C(=O)O.C[C@](N)(Cc1ccc(O)cc1)C(=O)O.C[C@](N)(Cc1ccccc1)C(=O)O.C[C@](N)(Cc1ccccc1F)C(=O)O.NCCC[C@H](N)C(=O)O.N[C@@H](Cc1ccncc1)C(=O)O.N[C@H](CCC(=O)O)C(=O)O. The third-order valence-electron chi connectivity index (χ3n) is 12.5. The molecule has 0 saturated carbocycles. The number of pyridine rings is 1. The minimum atomic E-state index is -1.43. The highest BCUT2D eigenvalue weighted by Crippen LogP contribution is 2.17. The first-order valence-corrected chi connectivity index (χ1v) is 29.5. The van der Waals surface area contributed by atoms with Gasteiger partial charge in [-0.05, 0) is 152 Å². The van der Waals surface area contributed by atoms with Crippen LogP contribution in [-0.2, 0) is 73.6 Å². The van der Waals surface area contributed by atoms with E-state index in [1.165, 1.54) is 72.7 Å². The molecule has 3 aromatic carbocycles. The summed E-state index contributed by atoms with van der Waals surface area (Å²) in [6.45, 7) is 16.4. The smallest absolute Gasteiger partial charge is 0.323 e. The molecule has 32 nitrogen and oxygen atoms in total. The Bertz CT molecular complexity index is 3010. The van der Waals surface area contributed by atoms with Gasteiger partial charge in [-0.3, -0.25) is 52.9 Å². The molecule has 0 aliphatic carbocycles. The van der Waals surface area contributed by atoms with E-state index in [1.54, 1.807) is 55.7 Å². The lowest BCUT2D eigenvalue weighted by atomic mass is 9.92. The number of hydrogen-bond acceptors (Lipinski definition) is 22. The van der Waals surface area contributed by atoms with E-state index in [2.05, 4.69) is 4.98 Å². The van der Waals surface area contributed by atoms with E-state index in [9.17, 15) is 52.3 Å². The number of carbonyl (C=O) groups is 10. The highest BCUT2D eigenvalue weighted by atomic mass is 19.1. The first-order valence-electron chi connectivity index (χ1n) is 29.5. The molecule has 1 aromatic heterocycles. The number of hydrogen-bond donors (Lipinski definition) is 21. The zero-order chi connectivity index (χ0) is 77.1. The number of aromatic hydroxyl groups is 1. The van der Waals surface area contributed by atoms with Crippen molar-refractivity contribution in [1.29, 1.82) is 0 Å². The van der Waals surface area contributed by atoms with Gasteiger partial charge in [0.05, 0.1) is 0 Å². The molecule has 548 valence electrons. The Kier molecular flexibility index (Phi) is 47.5. The second kappa shape index (κ2) is 47.7. The zero-order valence-corrected chi connectivity index (χ0v) is 56.5. The van der Waals surface area contributed by atoms with Gasteiger partial charge in [-0.15, -0.1) is 0 Å². The predicted octanol–water partition coefficient (Wildman–Crippen LogP) is 2.22. The molecule has 0 bridgehead atoms. The minimum Gasteiger partial charge on any atom is -0.508 e. The molecule has 4 rings (SSSR count). The van der Waals surface area contributed by atoms with Gasteiger partial charge in [-0.2, -0.15) is 0 Å². The summed E-state index contributed by atoms with van der Waals surface area (Å²) < 4.78 is 13.1. The molecule has 0 saturated heterocycles. The van der Waals surface area contributed by atoms with Gasteiger partial charge >= 0.3 is 59.7 Å². The molecular weight excluding hydrogens is 1280 g/mol. The largest absolute Gasteiger partial charge is 0.508 e. The van der Waals surface area contributed by atoms with Crippen LogP contribution in [0.2, 0.25) is 0 Å². The van der Waals surface area contributed by atoms with Crippen molar-refractivity contribution in [2.75, 3.05) is 6.54 Å². The van der Waals surface area contributed by atoms with Crippen LogP contribution >= 0.6 is 0 Å². The molecule has 0 aliphatic rings. The van der Waals surface area contributed by atoms with Crippen molar-refractivity contribution in [3.8, 4) is 5.75 Å². The summed E-state index contributed by atoms with van der Waals surface area (Å²) >= 11 is 0. The van der Waals surface area contributed by atoms with Gasteiger partial charge in [0.2, 0.25) is 0 Å². The monoisotopic (exact) mass is 1380 g/mol. The van der Waals surface area contributed by atoms with E-state index in [0.29, 0.717) is 56.6 Å². The lowest BCUT2D eigenvalue weighted by Gasteiger charge is -2.20. The van der Waals surface area contributed by atoms with Crippen LogP contribution in [0, 0.1) is 11.7 Å². The van der Waals surface area contributed by atoms with Gasteiger partial charge in [0, 0.05) is 38.1 Å². The number of nitrogens with two attached hydrogens (primary N) is 10. The van der Waals surface area contributed by atoms with Crippen molar-refractivity contribution in [2.45, 2.75) is 185 Å². The number of halogens is 1. The second-order valence-electron chi connectivity index (χ2n) is 24.1. The van der Waals surface area contributed by atoms with E-state index in [-0.39, 0.29) is 31.4 Å². The Hall–Kier alpha value is -9.16. The third-order valence-corrected chi connectivity index (χ3v) is 12.5. The van der Waals surface area contributed by atoms with Crippen LogP contribution in [0.25, 0.3) is 0 Å². The summed E-state index contributed by atoms with van der Waals surface area (Å²) in [6, 6.07) is 22.6. The number of aromatic nitrogens is 1. The fourth-order valence-electron chi connectivity index (χ4n) is 6.13. The average Bonchev–Trinajstić information content (AvgIpc) is 0.948. The van der Waals surface area contributed by atoms with E-state index in [1.807, 2.05) is 44.2 Å². The van der Waals surface area contributed by atoms with Gasteiger partial charge in [0.15, 0.2) is 0 Å². The number of phenols is 1. The summed E-state index contributed by atoms with van der Waals surface area (Å²) in [5.74, 6) is -10.1. The molecule has 0 unspecified atom stereocenters. The highest BCUT2D eigenvalue weighted by Gasteiger charge is 2.31. The maximum absolute atomic E-state index is 13.1. The van der Waals surface area contributed by atoms with Crippen molar-refractivity contribution in [3.05, 3.63) is 131 Å². The van der Waals surface area contributed by atoms with Crippen LogP contribution in [0.5, 0.6) is 5.75 Å². The molecule has 0 amide bonds. The Morgan fingerprint density at radius 2 is 0.825 bits per heavy atom. The number of rotatable bonds is 26. The minimum absolute atomic E-state index is 0.0188. The van der Waals surface area contributed by atoms with Gasteiger partial charge < -0.3 is 114 Å². The molecule has 97 heavy (non-hydrogen) atoms. The fourth-order valence-corrected chi connectivity index (χ4v) is 6.13. The first-order chi connectivity index (χ1) is 44.1. The Balaban J connectivity index is -0.000000330. The molecule has 0 fully saturated rings. The molecular formula is C64H104FN11O21. The summed E-state index contributed by atoms with van der Waals surface area (Å²) in [4.78, 5) is 107. The number of carboxylic acids is 10. The third kappa shape index (κ3) is 50.0. The van der Waals surface area contributed by atoms with Crippen LogP contribution in [0.4, 0.5) is 4.39 Å². The van der Waals surface area contributed by atoms with E-state index in [4.69, 9.17) is 114 Å². The Morgan fingerprint density at radius 3 is 1.13 bits per heavy atom. The first kappa shape index (κ1) is 96.5. The molecule has 0 aliphatic heterocycles. The van der Waals surface area contributed by atoms with Crippen LogP contribution in [0.1, 0.15) is 130 Å². The van der Waals surface area contributed by atoms with E-state index < -0.39 is 117 Å². The average molecular weight is 1380 g/mol. The summed E-state index contributed by atoms with van der Waals surface area (Å²) in [5, 5.41) is 93.3. The molecule has 4 aromatic rings. The standard InChI is InChI=1S/C10H12FNO2.C10H13NO3.C10H13NO2.C8H10N2O2.C7H15NO2.C5H12N2O2.C5H9NO4.C5H11NO2.C4H9NO2/c1-10(12,9(13)14)6-7-4-2-3-5-8(7)11;1-10(11,9(13)14)6-7-2-4-8(12)5-3-7;1-10(11,9(12)13)7-8-5-3-2-4-6-8;9-7(8(11)12)5-6-1-3-10-4-2-6;1-5(2)4-7(3,8)6(9)10;6-3-1-2-4(7)5(8)9;6-3(5(9)10)1-2-4(7)8;1-3-5(2,6)4(7)8;1-4(2,5)3(6)7/h2-5H,6,12H2,1H3,(H,13,14);2-5,12H,6,11H2,1H3,(H,13,14);2-6H,7,11H2,1H3,(H,12,13);1-4,7H,5,9H2,(H,11,12);5H,4,8H2,1-3H3,(H,9,10);4H,1-3,6-7H2,(H,8,9);3H,1-2,6H2,(H,7,8)(H,9,10);3,6H2,1-2H3,(H,7,8);5H2,1-2H3,(H,6,7)/t3*10-;2*7-;4-;3-;5-;/m00000010./s1. The Morgan fingerprint density at radius 1 is 0.464 bits per heavy atom. The lowest BCUT2D eigenvalue weighted by molar-refractivity contribution is -0.144. The highest BCUT2D eigenvalue weighted by molar-refractivity contribution is 5.80. The summed E-state index contributed by atoms with van der Waals surface area (Å²) in [6.07, 6.45) is 6.04. The number of aliphatic carboxylic acids is 10. The number of nitrogens with zero attached hydrogens (tertiary/aromatic N) is 1. The summed E-state index contributed by atoms with van der Waals surface area (Å²) in [7, 11) is 0. The van der Waals surface area contributed by atoms with Crippen LogP contribution in [0.3, 0.4) is 0 Å². The molecule has 33 heteroatoms. The van der Waals surface area contributed by atoms with Crippen LogP contribution in [0.15, 0.2) is 103 Å². The van der Waals surface area contributed by atoms with E-state index in [0.717, 1.165) is 16.7 Å². The molecule has 0 spiro atoms. The Labute approximate surface area is 563 Å². The van der Waals surface area contributed by atoms with Crippen molar-refractivity contribution in [3.63, 3.8) is 0 Å². The normalized spacial score (nSPS) is 14.3. The molecule has 8 atom stereocenters. The summed E-state index contributed by atoms with van der Waals surface area (Å²) in [5.41, 5.74) is 48.9. The lowest BCUT2D eigenvalue weighted by Crippen LogP contribution is -2.47.